The van der Waals surface area contributed by atoms with Gasteiger partial charge in [0.25, 0.3) is 0 Å². The second-order valence-corrected chi connectivity index (χ2v) is 13.6. The molecule has 0 aliphatic carbocycles. The van der Waals surface area contributed by atoms with E-state index >= 15 is 0 Å². The number of allylic oxidation sites excluding steroid dienone is 2. The third-order valence-electron chi connectivity index (χ3n) is 8.67. The Balaban J connectivity index is 1.74. The number of likely N-dealkylation sites (N-methyl/N-ethyl adjacent to an activating group) is 1. The van der Waals surface area contributed by atoms with E-state index in [-0.39, 0.29) is 36.3 Å². The lowest BCUT2D eigenvalue weighted by Gasteiger charge is -2.31. The molecular weight excluding hydrogens is 664 g/mol. The Morgan fingerprint density at radius 3 is 2.32 bits per heavy atom. The van der Waals surface area contributed by atoms with Crippen LogP contribution < -0.4 is 10.6 Å². The van der Waals surface area contributed by atoms with Crippen LogP contribution in [0.2, 0.25) is 0 Å². The van der Waals surface area contributed by atoms with Crippen LogP contribution in [-0.2, 0) is 30.3 Å². The van der Waals surface area contributed by atoms with Crippen LogP contribution in [0.4, 0.5) is 0 Å². The topological polar surface area (TPSA) is 141 Å². The zero-order chi connectivity index (χ0) is 34.4. The number of benzene rings is 2. The van der Waals surface area contributed by atoms with Gasteiger partial charge in [0.15, 0.2) is 0 Å². The Morgan fingerprint density at radius 2 is 1.62 bits per heavy atom. The van der Waals surface area contributed by atoms with Crippen molar-refractivity contribution in [3.63, 3.8) is 0 Å². The van der Waals surface area contributed by atoms with E-state index in [1.54, 1.807) is 26.1 Å². The standard InChI is InChI=1S/C36H45BrN4O6/c1-20-15-21(2)17-23(4)47-32(43)19-30(25-11-13-26(42)14-12-25)40-35(45)31(18-28-27-9-7-8-10-29(27)39-33(28)37)41(6)36(46)24(5)38-34(44)22(3)16-20/h7-15,21-24,30-31,39,42H,16-19H2,1-6H3,(H,38,44)(H,40,45)/t21-,22+,23+,24-,30+,31+/m0/s1. The average molecular weight is 710 g/mol. The van der Waals surface area contributed by atoms with Gasteiger partial charge in [-0.3, -0.25) is 19.2 Å². The maximum Gasteiger partial charge on any atom is 0.308 e. The first kappa shape index (κ1) is 35.7. The first-order chi connectivity index (χ1) is 22.2. The number of aromatic hydroxyl groups is 1. The van der Waals surface area contributed by atoms with Crippen molar-refractivity contribution in [3.05, 3.63) is 75.9 Å². The number of ether oxygens (including phenoxy) is 1. The number of carbonyl (C=O) groups is 4. The van der Waals surface area contributed by atoms with Crippen LogP contribution in [0, 0.1) is 11.8 Å². The summed E-state index contributed by atoms with van der Waals surface area (Å²) in [6.45, 7) is 9.27. The predicted octanol–water partition coefficient (Wildman–Crippen LogP) is 5.70. The van der Waals surface area contributed by atoms with Gasteiger partial charge in [-0.2, -0.15) is 0 Å². The lowest BCUT2D eigenvalue weighted by molar-refractivity contribution is -0.149. The quantitative estimate of drug-likeness (QED) is 0.203. The van der Waals surface area contributed by atoms with Crippen LogP contribution in [-0.4, -0.2) is 63.9 Å². The Labute approximate surface area is 284 Å². The number of rotatable bonds is 3. The van der Waals surface area contributed by atoms with Gasteiger partial charge in [-0.15, -0.1) is 0 Å². The smallest absolute Gasteiger partial charge is 0.308 e. The molecule has 47 heavy (non-hydrogen) atoms. The number of aromatic amines is 1. The van der Waals surface area contributed by atoms with Crippen LogP contribution in [0.3, 0.4) is 0 Å². The summed E-state index contributed by atoms with van der Waals surface area (Å²) in [5.74, 6) is -1.93. The fourth-order valence-corrected chi connectivity index (χ4v) is 6.87. The minimum atomic E-state index is -1.02. The Bertz CT molecular complexity index is 1630. The summed E-state index contributed by atoms with van der Waals surface area (Å²) in [7, 11) is 1.55. The van der Waals surface area contributed by atoms with Crippen LogP contribution in [0.1, 0.15) is 71.0 Å². The summed E-state index contributed by atoms with van der Waals surface area (Å²) in [5, 5.41) is 16.7. The highest BCUT2D eigenvalue weighted by Gasteiger charge is 2.34. The first-order valence-corrected chi connectivity index (χ1v) is 16.8. The number of hydrogen-bond donors (Lipinski definition) is 4. The van der Waals surface area contributed by atoms with Gasteiger partial charge in [-0.05, 0) is 84.8 Å². The number of H-pyrrole nitrogens is 1. The molecule has 6 atom stereocenters. The number of esters is 1. The monoisotopic (exact) mass is 708 g/mol. The van der Waals surface area contributed by atoms with Gasteiger partial charge in [0.05, 0.1) is 23.2 Å². The molecule has 0 saturated heterocycles. The van der Waals surface area contributed by atoms with Crippen molar-refractivity contribution in [1.29, 1.82) is 0 Å². The number of phenols is 1. The fraction of sp³-hybridized carbons (Fsp3) is 0.444. The summed E-state index contributed by atoms with van der Waals surface area (Å²) >= 11 is 3.60. The molecule has 4 rings (SSSR count). The van der Waals surface area contributed by atoms with Crippen LogP contribution in [0.5, 0.6) is 5.75 Å². The van der Waals surface area contributed by atoms with Crippen molar-refractivity contribution in [2.45, 2.75) is 84.5 Å². The second kappa shape index (κ2) is 15.6. The van der Waals surface area contributed by atoms with E-state index in [0.29, 0.717) is 23.0 Å². The summed E-state index contributed by atoms with van der Waals surface area (Å²) in [6.07, 6.45) is 2.76. The highest BCUT2D eigenvalue weighted by molar-refractivity contribution is 9.10. The molecule has 0 radical (unpaired) electrons. The molecule has 1 aromatic heterocycles. The normalized spacial score (nSPS) is 26.0. The van der Waals surface area contributed by atoms with Crippen LogP contribution in [0.15, 0.2) is 64.8 Å². The molecule has 2 aromatic carbocycles. The van der Waals surface area contributed by atoms with Gasteiger partial charge in [-0.25, -0.2) is 0 Å². The maximum atomic E-state index is 14.3. The molecule has 0 unspecified atom stereocenters. The first-order valence-electron chi connectivity index (χ1n) is 16.0. The molecule has 0 spiro atoms. The third kappa shape index (κ3) is 9.24. The zero-order valence-electron chi connectivity index (χ0n) is 27.8. The summed E-state index contributed by atoms with van der Waals surface area (Å²) in [6, 6.07) is 11.2. The number of phenolic OH excluding ortho intramolecular Hbond substituents is 1. The lowest BCUT2D eigenvalue weighted by atomic mass is 9.95. The Morgan fingerprint density at radius 1 is 0.936 bits per heavy atom. The number of amides is 3. The number of fused-ring (bicyclic) bond motifs is 1. The van der Waals surface area contributed by atoms with Crippen molar-refractivity contribution in [2.24, 2.45) is 11.8 Å². The van der Waals surface area contributed by atoms with Crippen LogP contribution >= 0.6 is 15.9 Å². The average Bonchev–Trinajstić information content (AvgIpc) is 3.32. The van der Waals surface area contributed by atoms with Gasteiger partial charge in [0.2, 0.25) is 17.7 Å². The van der Waals surface area contributed by atoms with Crippen molar-refractivity contribution >= 4 is 50.5 Å². The van der Waals surface area contributed by atoms with E-state index in [2.05, 4.69) is 37.6 Å². The molecule has 4 N–H and O–H groups in total. The number of nitrogens with one attached hydrogen (secondary N) is 3. The summed E-state index contributed by atoms with van der Waals surface area (Å²) < 4.78 is 6.47. The fourth-order valence-electron chi connectivity index (χ4n) is 6.28. The third-order valence-corrected chi connectivity index (χ3v) is 9.35. The number of para-hydroxylation sites is 1. The number of cyclic esters (lactones) is 1. The molecule has 0 saturated carbocycles. The molecule has 0 fully saturated rings. The number of nitrogens with zero attached hydrogens (tertiary/aromatic N) is 1. The highest BCUT2D eigenvalue weighted by atomic mass is 79.9. The molecule has 1 aliphatic heterocycles. The zero-order valence-corrected chi connectivity index (χ0v) is 29.4. The summed E-state index contributed by atoms with van der Waals surface area (Å²) in [5.41, 5.74) is 3.29. The van der Waals surface area contributed by atoms with Gasteiger partial charge < -0.3 is 30.4 Å². The predicted molar refractivity (Wildman–Crippen MR) is 184 cm³/mol. The van der Waals surface area contributed by atoms with Gasteiger partial charge in [-0.1, -0.05) is 55.8 Å². The molecule has 11 heteroatoms. The molecule has 2 heterocycles. The van der Waals surface area contributed by atoms with Gasteiger partial charge >= 0.3 is 5.97 Å². The minimum absolute atomic E-state index is 0.0439. The lowest BCUT2D eigenvalue weighted by Crippen LogP contribution is -2.55. The van der Waals surface area contributed by atoms with E-state index in [4.69, 9.17) is 4.74 Å². The highest BCUT2D eigenvalue weighted by Crippen LogP contribution is 2.29. The van der Waals surface area contributed by atoms with E-state index in [1.807, 2.05) is 52.0 Å². The number of aromatic nitrogens is 1. The van der Waals surface area contributed by atoms with E-state index < -0.39 is 42.0 Å². The Hall–Kier alpha value is -4.12. The van der Waals surface area contributed by atoms with Gasteiger partial charge in [0, 0.05) is 30.3 Å². The SMILES string of the molecule is CC1=C[C@H](C)C[C@@H](C)OC(=O)C[C@H](c2ccc(O)cc2)NC(=O)[C@@H](Cc2c(Br)[nH]c3ccccc23)N(C)C(=O)[C@H](C)NC(=O)[C@H](C)C1. The molecule has 10 nitrogen and oxygen atoms in total. The molecule has 3 amide bonds. The van der Waals surface area contributed by atoms with Crippen molar-refractivity contribution in [1.82, 2.24) is 20.5 Å². The molecule has 1 aliphatic rings. The summed E-state index contributed by atoms with van der Waals surface area (Å²) in [4.78, 5) is 59.2. The largest absolute Gasteiger partial charge is 0.508 e. The molecule has 3 aromatic rings. The maximum absolute atomic E-state index is 14.3. The number of hydrogen-bond acceptors (Lipinski definition) is 6. The second-order valence-electron chi connectivity index (χ2n) is 12.9. The van der Waals surface area contributed by atoms with Gasteiger partial charge in [0.1, 0.15) is 17.8 Å². The minimum Gasteiger partial charge on any atom is -0.508 e. The van der Waals surface area contributed by atoms with E-state index in [0.717, 1.165) is 22.0 Å². The molecule has 0 bridgehead atoms. The van der Waals surface area contributed by atoms with Crippen molar-refractivity contribution in [3.8, 4) is 5.75 Å². The van der Waals surface area contributed by atoms with Crippen molar-refractivity contribution in [2.75, 3.05) is 7.05 Å². The number of halogens is 1. The van der Waals surface area contributed by atoms with Crippen molar-refractivity contribution < 1.29 is 29.0 Å². The van der Waals surface area contributed by atoms with E-state index in [1.165, 1.54) is 17.0 Å². The van der Waals surface area contributed by atoms with Crippen LogP contribution in [0.25, 0.3) is 10.9 Å². The van der Waals surface area contributed by atoms with E-state index in [9.17, 15) is 24.3 Å². The number of carbonyl (C=O) groups excluding carboxylic acids is 4. The molecule has 252 valence electrons. The molecular formula is C36H45BrN4O6. The Kier molecular flexibility index (Phi) is 11.9.